The Labute approximate surface area is 315 Å². The van der Waals surface area contributed by atoms with Crippen LogP contribution in [0.15, 0.2) is 47.4 Å². The van der Waals surface area contributed by atoms with Crippen molar-refractivity contribution in [3.8, 4) is 0 Å². The number of allylic oxidation sites excluding steroid dienone is 1. The lowest BCUT2D eigenvalue weighted by Crippen LogP contribution is -2.50. The maximum absolute atomic E-state index is 13.8. The lowest BCUT2D eigenvalue weighted by atomic mass is 9.82. The highest BCUT2D eigenvalue weighted by atomic mass is 127. The van der Waals surface area contributed by atoms with E-state index in [0.29, 0.717) is 29.4 Å². The first-order valence-corrected chi connectivity index (χ1v) is 21.9. The molecular weight excluding hydrogens is 767 g/mol. The molecule has 4 rings (SSSR count). The molecule has 0 aliphatic carbocycles. The minimum atomic E-state index is -3.55. The van der Waals surface area contributed by atoms with Gasteiger partial charge in [0.05, 0.1) is 53.2 Å². The predicted molar refractivity (Wildman–Crippen MR) is 205 cm³/mol. The molecule has 0 saturated carbocycles. The molecule has 0 bridgehead atoms. The third-order valence-corrected chi connectivity index (χ3v) is 14.4. The second kappa shape index (κ2) is 17.7. The van der Waals surface area contributed by atoms with Gasteiger partial charge in [-0.15, -0.1) is 0 Å². The number of benzene rings is 1. The van der Waals surface area contributed by atoms with Crippen molar-refractivity contribution < 1.29 is 37.0 Å². The van der Waals surface area contributed by atoms with Crippen molar-refractivity contribution in [2.24, 2.45) is 29.1 Å². The highest BCUT2D eigenvalue weighted by Crippen LogP contribution is 2.45. The van der Waals surface area contributed by atoms with Crippen LogP contribution in [0.5, 0.6) is 0 Å². The van der Waals surface area contributed by atoms with Crippen LogP contribution in [0, 0.1) is 29.1 Å². The van der Waals surface area contributed by atoms with Gasteiger partial charge in [-0.25, -0.2) is 8.42 Å². The smallest absolute Gasteiger partial charge is 0.311 e. The Morgan fingerprint density at radius 2 is 1.76 bits per heavy atom. The summed E-state index contributed by atoms with van der Waals surface area (Å²) < 4.78 is 53.1. The van der Waals surface area contributed by atoms with Gasteiger partial charge in [0.15, 0.2) is 15.6 Å². The quantitative estimate of drug-likeness (QED) is 0.0508. The number of esters is 1. The van der Waals surface area contributed by atoms with Gasteiger partial charge in [0.1, 0.15) is 5.60 Å². The van der Waals surface area contributed by atoms with Gasteiger partial charge in [-0.3, -0.25) is 9.59 Å². The summed E-state index contributed by atoms with van der Waals surface area (Å²) in [6.45, 7) is 18.7. The molecule has 50 heavy (non-hydrogen) atoms. The molecule has 0 radical (unpaired) electrons. The fraction of sp³-hybridized carbons (Fsp3) is 0.750. The molecule has 10 heteroatoms. The average molecular weight is 829 g/mol. The van der Waals surface area contributed by atoms with Crippen molar-refractivity contribution >= 4 is 44.2 Å². The van der Waals surface area contributed by atoms with Crippen molar-refractivity contribution in [1.82, 2.24) is 0 Å². The molecule has 3 aliphatic rings. The minimum absolute atomic E-state index is 0.00925. The number of Topliss-reactive ketones (excluding diaryl/α,β-unsaturated/α-hetero) is 1. The van der Waals surface area contributed by atoms with E-state index in [2.05, 4.69) is 49.9 Å². The van der Waals surface area contributed by atoms with Gasteiger partial charge in [0.25, 0.3) is 0 Å². The Hall–Kier alpha value is -1.34. The number of hydrogen-bond acceptors (Lipinski definition) is 8. The summed E-state index contributed by atoms with van der Waals surface area (Å²) in [6.07, 6.45) is 6.32. The molecule has 0 aromatic heterocycles. The second-order valence-electron chi connectivity index (χ2n) is 16.4. The Morgan fingerprint density at radius 3 is 2.40 bits per heavy atom. The van der Waals surface area contributed by atoms with Crippen molar-refractivity contribution in [2.45, 2.75) is 147 Å². The SMILES string of the molecule is C=C(C(=O)C[C@@H]1O[C@H](C[C@H](C)CC)[C@H](C)[C@H]1CS(=O)(=O)c1ccccc1)[C@H](C)CC1CC[C@@H]2O[C@@H](CCCOC(=O)C(C)(C)C)C[C@]2(CI)O1. The van der Waals surface area contributed by atoms with Crippen LogP contribution in [0.4, 0.5) is 0 Å². The van der Waals surface area contributed by atoms with Gasteiger partial charge in [-0.05, 0) is 94.8 Å². The number of ether oxygens (including phenoxy) is 4. The van der Waals surface area contributed by atoms with E-state index in [0.717, 1.165) is 49.4 Å². The van der Waals surface area contributed by atoms with E-state index in [1.54, 1.807) is 24.3 Å². The molecule has 3 aliphatic heterocycles. The lowest BCUT2D eigenvalue weighted by molar-refractivity contribution is -0.156. The van der Waals surface area contributed by atoms with Crippen LogP contribution in [0.1, 0.15) is 106 Å². The zero-order valence-electron chi connectivity index (χ0n) is 31.3. The number of carbonyl (C=O) groups is 2. The van der Waals surface area contributed by atoms with E-state index in [-0.39, 0.29) is 71.7 Å². The zero-order chi connectivity index (χ0) is 36.9. The molecule has 0 spiro atoms. The molecule has 3 fully saturated rings. The van der Waals surface area contributed by atoms with Gasteiger partial charge in [-0.2, -0.15) is 0 Å². The molecule has 282 valence electrons. The van der Waals surface area contributed by atoms with E-state index in [4.69, 9.17) is 18.9 Å². The molecule has 3 saturated heterocycles. The average Bonchev–Trinajstić information content (AvgIpc) is 3.58. The van der Waals surface area contributed by atoms with Crippen LogP contribution in [0.2, 0.25) is 0 Å². The summed E-state index contributed by atoms with van der Waals surface area (Å²) in [5, 5.41) is 0. The normalized spacial score (nSPS) is 31.2. The third kappa shape index (κ3) is 10.4. The van der Waals surface area contributed by atoms with Crippen LogP contribution in [0.3, 0.4) is 0 Å². The highest BCUT2D eigenvalue weighted by Gasteiger charge is 2.52. The fourth-order valence-corrected chi connectivity index (χ4v) is 10.5. The summed E-state index contributed by atoms with van der Waals surface area (Å²) in [5.74, 6) is -0.218. The highest BCUT2D eigenvalue weighted by molar-refractivity contribution is 14.1. The number of hydrogen-bond donors (Lipinski definition) is 0. The van der Waals surface area contributed by atoms with Crippen molar-refractivity contribution in [3.05, 3.63) is 42.5 Å². The number of ketones is 1. The number of alkyl halides is 1. The van der Waals surface area contributed by atoms with Crippen LogP contribution in [-0.2, 0) is 38.4 Å². The topological polar surface area (TPSA) is 105 Å². The number of sulfone groups is 1. The molecule has 0 amide bonds. The number of fused-ring (bicyclic) bond motifs is 1. The minimum Gasteiger partial charge on any atom is -0.465 e. The summed E-state index contributed by atoms with van der Waals surface area (Å²) in [4.78, 5) is 26.2. The second-order valence-corrected chi connectivity index (χ2v) is 19.2. The summed E-state index contributed by atoms with van der Waals surface area (Å²) in [7, 11) is -3.55. The number of rotatable bonds is 17. The Morgan fingerprint density at radius 1 is 1.06 bits per heavy atom. The van der Waals surface area contributed by atoms with Gasteiger partial charge >= 0.3 is 5.97 Å². The van der Waals surface area contributed by atoms with Crippen LogP contribution >= 0.6 is 22.6 Å². The van der Waals surface area contributed by atoms with Crippen molar-refractivity contribution in [2.75, 3.05) is 16.8 Å². The third-order valence-electron chi connectivity index (χ3n) is 11.3. The molecule has 1 aromatic carbocycles. The van der Waals surface area contributed by atoms with E-state index < -0.39 is 21.4 Å². The molecule has 10 atom stereocenters. The lowest BCUT2D eigenvalue weighted by Gasteiger charge is -2.42. The zero-order valence-corrected chi connectivity index (χ0v) is 34.3. The largest absolute Gasteiger partial charge is 0.465 e. The van der Waals surface area contributed by atoms with E-state index in [1.807, 2.05) is 33.8 Å². The van der Waals surface area contributed by atoms with Gasteiger partial charge < -0.3 is 18.9 Å². The molecule has 3 heterocycles. The molecule has 0 N–H and O–H groups in total. The number of carbonyl (C=O) groups excluding carboxylic acids is 2. The fourth-order valence-electron chi connectivity index (χ4n) is 7.76. The monoisotopic (exact) mass is 828 g/mol. The molecular formula is C40H61IO8S. The van der Waals surface area contributed by atoms with Crippen LogP contribution < -0.4 is 0 Å². The standard InChI is InChI=1S/C40H61IO8S/c1-9-26(2)20-35-29(5)33(24-50(44,45)32-15-11-10-12-16-32)36(48-35)22-34(42)28(4)27(3)21-30-17-18-37-40(25-41,49-30)23-31(47-37)14-13-19-46-38(43)39(6,7)8/h10-12,15-16,26-27,29-31,33,35-37H,4,9,13-14,17-25H2,1-3,5-8H3/t26-,27-,29-,30?,31+,33-,35-,36+,37+,40-/m1/s1. The van der Waals surface area contributed by atoms with Crippen LogP contribution in [0.25, 0.3) is 0 Å². The summed E-state index contributed by atoms with van der Waals surface area (Å²) in [6, 6.07) is 8.57. The van der Waals surface area contributed by atoms with E-state index in [9.17, 15) is 18.0 Å². The predicted octanol–water partition coefficient (Wildman–Crippen LogP) is 8.34. The molecule has 8 nitrogen and oxygen atoms in total. The van der Waals surface area contributed by atoms with Crippen molar-refractivity contribution in [3.63, 3.8) is 0 Å². The number of halogens is 1. The first-order valence-electron chi connectivity index (χ1n) is 18.7. The first kappa shape index (κ1) is 41.4. The Bertz CT molecular complexity index is 1410. The van der Waals surface area contributed by atoms with Gasteiger partial charge in [-0.1, -0.05) is 81.5 Å². The van der Waals surface area contributed by atoms with E-state index in [1.165, 1.54) is 0 Å². The van der Waals surface area contributed by atoms with Gasteiger partial charge in [0.2, 0.25) is 0 Å². The van der Waals surface area contributed by atoms with E-state index >= 15 is 0 Å². The van der Waals surface area contributed by atoms with Gasteiger partial charge in [0, 0.05) is 23.2 Å². The first-order chi connectivity index (χ1) is 23.5. The summed E-state index contributed by atoms with van der Waals surface area (Å²) in [5.41, 5.74) is -0.319. The maximum Gasteiger partial charge on any atom is 0.311 e. The molecule has 1 unspecified atom stereocenters. The Balaban J connectivity index is 1.34. The van der Waals surface area contributed by atoms with Crippen LogP contribution in [-0.4, -0.2) is 73.1 Å². The Kier molecular flexibility index (Phi) is 14.6. The maximum atomic E-state index is 13.8. The van der Waals surface area contributed by atoms with Crippen molar-refractivity contribution in [1.29, 1.82) is 0 Å². The molecule has 1 aromatic rings. The summed E-state index contributed by atoms with van der Waals surface area (Å²) >= 11 is 2.41.